The van der Waals surface area contributed by atoms with E-state index in [1.165, 1.54) is 37.7 Å². The van der Waals surface area contributed by atoms with Gasteiger partial charge in [0.05, 0.1) is 0 Å². The normalized spacial score (nSPS) is 42.0. The summed E-state index contributed by atoms with van der Waals surface area (Å²) >= 11 is 0. The summed E-state index contributed by atoms with van der Waals surface area (Å²) in [6.45, 7) is 0.781. The lowest BCUT2D eigenvalue weighted by Crippen LogP contribution is -2.59. The maximum Gasteiger partial charge on any atom is 0.412 e. The fraction of sp³-hybridized carbons (Fsp3) is 0.720. The van der Waals surface area contributed by atoms with E-state index in [2.05, 4.69) is 5.32 Å². The van der Waals surface area contributed by atoms with Gasteiger partial charge >= 0.3 is 6.09 Å². The summed E-state index contributed by atoms with van der Waals surface area (Å²) < 4.78 is 12.2. The zero-order valence-corrected chi connectivity index (χ0v) is 18.6. The minimum atomic E-state index is -0.629. The first-order valence-electron chi connectivity index (χ1n) is 12.4. The Morgan fingerprint density at radius 1 is 1.06 bits per heavy atom. The molecule has 32 heavy (non-hydrogen) atoms. The fourth-order valence-corrected chi connectivity index (χ4v) is 7.39. The molecule has 5 aliphatic carbocycles. The van der Waals surface area contributed by atoms with Crippen LogP contribution in [0.3, 0.4) is 0 Å². The Bertz CT molecular complexity index is 830. The van der Waals surface area contributed by atoms with Gasteiger partial charge in [0.25, 0.3) is 0 Å². The van der Waals surface area contributed by atoms with Crippen LogP contribution < -0.4 is 15.8 Å². The van der Waals surface area contributed by atoms with Gasteiger partial charge in [-0.1, -0.05) is 12.1 Å². The third kappa shape index (κ3) is 3.54. The molecule has 7 heteroatoms. The number of nitrogens with two attached hydrogens (primary N) is 1. The molecule has 2 unspecified atom stereocenters. The summed E-state index contributed by atoms with van der Waals surface area (Å²) in [7, 11) is 0. The zero-order chi connectivity index (χ0) is 21.8. The van der Waals surface area contributed by atoms with E-state index in [0.29, 0.717) is 36.6 Å². The highest BCUT2D eigenvalue weighted by atomic mass is 17.3. The number of hydrogen-bond acceptors (Lipinski definition) is 6. The van der Waals surface area contributed by atoms with Crippen molar-refractivity contribution in [2.24, 2.45) is 29.4 Å². The van der Waals surface area contributed by atoms with Crippen molar-refractivity contribution < 1.29 is 24.0 Å². The quantitative estimate of drug-likeness (QED) is 0.679. The number of carbonyl (C=O) groups excluding carboxylic acids is 1. The highest BCUT2D eigenvalue weighted by Gasteiger charge is 2.67. The Morgan fingerprint density at radius 3 is 2.47 bits per heavy atom. The molecule has 1 heterocycles. The highest BCUT2D eigenvalue weighted by Crippen LogP contribution is 2.64. The molecule has 1 aromatic carbocycles. The van der Waals surface area contributed by atoms with Crippen molar-refractivity contribution in [3.63, 3.8) is 0 Å². The average molecular weight is 443 g/mol. The molecule has 0 aromatic heterocycles. The molecule has 2 atom stereocenters. The number of nitrogens with one attached hydrogen (secondary N) is 1. The molecule has 7 rings (SSSR count). The maximum atomic E-state index is 11.7. The van der Waals surface area contributed by atoms with Crippen molar-refractivity contribution in [3.8, 4) is 5.75 Å². The van der Waals surface area contributed by atoms with E-state index in [9.17, 15) is 4.79 Å². The molecule has 7 nitrogen and oxygen atoms in total. The zero-order valence-electron chi connectivity index (χ0n) is 18.6. The lowest BCUT2D eigenvalue weighted by atomic mass is 9.53. The van der Waals surface area contributed by atoms with Crippen molar-refractivity contribution in [2.45, 2.75) is 75.3 Å². The van der Waals surface area contributed by atoms with Crippen LogP contribution in [0.15, 0.2) is 24.3 Å². The Morgan fingerprint density at radius 2 is 1.78 bits per heavy atom. The number of amides is 1. The first-order valence-corrected chi connectivity index (χ1v) is 12.4. The number of hydrogen-bond donors (Lipinski definition) is 2. The van der Waals surface area contributed by atoms with Crippen molar-refractivity contribution in [1.29, 1.82) is 0 Å². The van der Waals surface area contributed by atoms with E-state index < -0.39 is 17.7 Å². The van der Waals surface area contributed by atoms with Gasteiger partial charge in [0, 0.05) is 37.8 Å². The second-order valence-electron chi connectivity index (χ2n) is 10.7. The Kier molecular flexibility index (Phi) is 5.21. The van der Waals surface area contributed by atoms with Gasteiger partial charge in [-0.05, 0) is 80.4 Å². The van der Waals surface area contributed by atoms with Gasteiger partial charge in [-0.25, -0.2) is 4.79 Å². The van der Waals surface area contributed by atoms with Crippen molar-refractivity contribution in [2.75, 3.05) is 13.1 Å². The minimum Gasteiger partial charge on any atom is -0.410 e. The fourth-order valence-electron chi connectivity index (χ4n) is 7.39. The molecule has 3 N–H and O–H groups in total. The molecule has 6 aliphatic rings. The third-order valence-corrected chi connectivity index (χ3v) is 8.59. The molecule has 1 saturated heterocycles. The predicted octanol–water partition coefficient (Wildman–Crippen LogP) is 4.22. The molecule has 2 spiro atoms. The first-order chi connectivity index (χ1) is 15.6. The Balaban J connectivity index is 1.13. The van der Waals surface area contributed by atoms with Crippen LogP contribution >= 0.6 is 0 Å². The van der Waals surface area contributed by atoms with Crippen LogP contribution in [0, 0.1) is 23.7 Å². The Hall–Kier alpha value is -1.67. The standard InChI is InChI=1S/C25H34N2O5/c26-8-9-27-23(28)29-22-5-3-18(4-6-22)19-2-1-7-24(15-19)30-25(32-31-24)20-11-16-10-17(13-20)14-21(25)12-16/h3-6,16-17,19-21H,1-2,7-15,26H2,(H,27,28). The smallest absolute Gasteiger partial charge is 0.410 e. The molecule has 1 aromatic rings. The van der Waals surface area contributed by atoms with Crippen molar-refractivity contribution >= 4 is 6.09 Å². The average Bonchev–Trinajstić information content (AvgIpc) is 3.15. The monoisotopic (exact) mass is 442 g/mol. The van der Waals surface area contributed by atoms with Gasteiger partial charge in [0.15, 0.2) is 0 Å². The molecule has 4 bridgehead atoms. The third-order valence-electron chi connectivity index (χ3n) is 8.59. The van der Waals surface area contributed by atoms with Crippen LogP contribution in [0.25, 0.3) is 0 Å². The van der Waals surface area contributed by atoms with Crippen LogP contribution in [0.2, 0.25) is 0 Å². The van der Waals surface area contributed by atoms with Crippen molar-refractivity contribution in [1.82, 2.24) is 5.32 Å². The molecule has 0 radical (unpaired) electrons. The van der Waals surface area contributed by atoms with E-state index in [1.54, 1.807) is 0 Å². The lowest BCUT2D eigenvalue weighted by molar-refractivity contribution is -0.390. The van der Waals surface area contributed by atoms with Crippen LogP contribution in [-0.4, -0.2) is 30.8 Å². The molecule has 1 aliphatic heterocycles. The maximum absolute atomic E-state index is 11.7. The molecule has 174 valence electrons. The summed E-state index contributed by atoms with van der Waals surface area (Å²) in [6, 6.07) is 7.79. The second-order valence-corrected chi connectivity index (χ2v) is 10.7. The molecule has 1 amide bonds. The van der Waals surface area contributed by atoms with E-state index in [1.807, 2.05) is 24.3 Å². The van der Waals surface area contributed by atoms with Crippen molar-refractivity contribution in [3.05, 3.63) is 29.8 Å². The summed E-state index contributed by atoms with van der Waals surface area (Å²) in [5.74, 6) is 2.42. The van der Waals surface area contributed by atoms with E-state index in [4.69, 9.17) is 25.0 Å². The highest BCUT2D eigenvalue weighted by molar-refractivity contribution is 5.70. The number of ether oxygens (including phenoxy) is 2. The van der Waals surface area contributed by atoms with Gasteiger partial charge < -0.3 is 20.5 Å². The Labute approximate surface area is 189 Å². The molecule has 5 saturated carbocycles. The van der Waals surface area contributed by atoms with Gasteiger partial charge in [0.1, 0.15) is 5.75 Å². The summed E-state index contributed by atoms with van der Waals surface area (Å²) in [4.78, 5) is 24.1. The number of carbonyl (C=O) groups is 1. The van der Waals surface area contributed by atoms with Crippen LogP contribution in [0.4, 0.5) is 4.79 Å². The van der Waals surface area contributed by atoms with Crippen LogP contribution in [0.1, 0.15) is 69.3 Å². The number of rotatable bonds is 4. The molecular weight excluding hydrogens is 408 g/mol. The van der Waals surface area contributed by atoms with Crippen LogP contribution in [0.5, 0.6) is 5.75 Å². The minimum absolute atomic E-state index is 0.333. The van der Waals surface area contributed by atoms with Gasteiger partial charge in [-0.2, -0.15) is 9.78 Å². The molecule has 6 fully saturated rings. The summed E-state index contributed by atoms with van der Waals surface area (Å²) in [5.41, 5.74) is 6.62. The topological polar surface area (TPSA) is 92.0 Å². The number of benzene rings is 1. The summed E-state index contributed by atoms with van der Waals surface area (Å²) in [6.07, 6.45) is 9.69. The van der Waals surface area contributed by atoms with E-state index in [0.717, 1.165) is 37.5 Å². The van der Waals surface area contributed by atoms with Crippen LogP contribution in [-0.2, 0) is 14.5 Å². The van der Waals surface area contributed by atoms with E-state index >= 15 is 0 Å². The summed E-state index contributed by atoms with van der Waals surface area (Å²) in [5, 5.41) is 2.61. The molecular formula is C25H34N2O5. The second kappa shape index (κ2) is 7.97. The predicted molar refractivity (Wildman–Crippen MR) is 116 cm³/mol. The van der Waals surface area contributed by atoms with Gasteiger partial charge in [-0.15, -0.1) is 0 Å². The lowest BCUT2D eigenvalue weighted by Gasteiger charge is -2.57. The van der Waals surface area contributed by atoms with E-state index in [-0.39, 0.29) is 0 Å². The largest absolute Gasteiger partial charge is 0.412 e. The first kappa shape index (κ1) is 20.9. The van der Waals surface area contributed by atoms with Gasteiger partial charge in [0.2, 0.25) is 11.6 Å². The SMILES string of the molecule is NCCNC(=O)Oc1ccc(C2CCCC3(C2)OOC2(O3)C3CC4CC(C3)CC2C4)cc1. The van der Waals surface area contributed by atoms with Gasteiger partial charge in [-0.3, -0.25) is 0 Å².